The summed E-state index contributed by atoms with van der Waals surface area (Å²) in [5, 5.41) is 10.1. The Morgan fingerprint density at radius 3 is 2.67 bits per heavy atom. The van der Waals surface area contributed by atoms with Crippen molar-refractivity contribution in [2.75, 3.05) is 45.6 Å². The Bertz CT molecular complexity index is 1580. The number of hydrogen-bond donors (Lipinski definition) is 3. The first kappa shape index (κ1) is 27.1. The van der Waals surface area contributed by atoms with Crippen molar-refractivity contribution in [3.05, 3.63) is 77.6 Å². The monoisotopic (exact) mass is 541 g/mol. The molecule has 0 bridgehead atoms. The fraction of sp³-hybridized carbons (Fsp3) is 0.258. The molecule has 8 nitrogen and oxygen atoms in total. The van der Waals surface area contributed by atoms with Crippen molar-refractivity contribution >= 4 is 34.7 Å². The average Bonchev–Trinajstić information content (AvgIpc) is 3.35. The highest BCUT2D eigenvalue weighted by atomic mass is 19.1. The molecule has 0 aliphatic carbocycles. The van der Waals surface area contributed by atoms with Crippen LogP contribution in [-0.2, 0) is 0 Å². The SMILES string of the molecule is CCNc1cc2oc(-c3ccc(F)cc3)c(C(=O)NC)c2cc1-c1cccc(C(=O)N2CCNC(C=NC)C2)c1. The van der Waals surface area contributed by atoms with E-state index in [1.807, 2.05) is 54.4 Å². The molecular weight excluding hydrogens is 509 g/mol. The minimum Gasteiger partial charge on any atom is -0.455 e. The Hall–Kier alpha value is -4.50. The Kier molecular flexibility index (Phi) is 7.93. The normalized spacial score (nSPS) is 15.5. The molecule has 1 saturated heterocycles. The van der Waals surface area contributed by atoms with Crippen LogP contribution in [0.2, 0.25) is 0 Å². The van der Waals surface area contributed by atoms with Crippen molar-refractivity contribution < 1.29 is 18.4 Å². The molecule has 0 saturated carbocycles. The minimum absolute atomic E-state index is 0.0215. The topological polar surface area (TPSA) is 99.0 Å². The van der Waals surface area contributed by atoms with Gasteiger partial charge in [-0.15, -0.1) is 0 Å². The number of nitrogens with zero attached hydrogens (tertiary/aromatic N) is 2. The lowest BCUT2D eigenvalue weighted by Crippen LogP contribution is -2.53. The molecule has 2 amide bonds. The summed E-state index contributed by atoms with van der Waals surface area (Å²) in [6.45, 7) is 4.51. The smallest absolute Gasteiger partial charge is 0.255 e. The first-order valence-electron chi connectivity index (χ1n) is 13.3. The number of fused-ring (bicyclic) bond motifs is 1. The number of nitrogens with one attached hydrogen (secondary N) is 3. The zero-order chi connectivity index (χ0) is 28.2. The molecule has 1 fully saturated rings. The fourth-order valence-electron chi connectivity index (χ4n) is 5.12. The van der Waals surface area contributed by atoms with E-state index in [2.05, 4.69) is 20.9 Å². The number of halogens is 1. The number of amides is 2. The van der Waals surface area contributed by atoms with Gasteiger partial charge in [0.25, 0.3) is 11.8 Å². The van der Waals surface area contributed by atoms with Crippen molar-refractivity contribution in [1.29, 1.82) is 0 Å². The van der Waals surface area contributed by atoms with Gasteiger partial charge in [-0.1, -0.05) is 12.1 Å². The molecule has 1 unspecified atom stereocenters. The van der Waals surface area contributed by atoms with Crippen LogP contribution in [0.3, 0.4) is 0 Å². The highest BCUT2D eigenvalue weighted by Crippen LogP contribution is 2.40. The molecule has 0 spiro atoms. The van der Waals surface area contributed by atoms with Gasteiger partial charge in [0.05, 0.1) is 11.6 Å². The molecule has 40 heavy (non-hydrogen) atoms. The van der Waals surface area contributed by atoms with Gasteiger partial charge in [0, 0.05) is 80.3 Å². The number of anilines is 1. The second-order valence-electron chi connectivity index (χ2n) is 9.62. The van der Waals surface area contributed by atoms with E-state index in [-0.39, 0.29) is 23.7 Å². The summed E-state index contributed by atoms with van der Waals surface area (Å²) in [5.74, 6) is -0.367. The van der Waals surface area contributed by atoms with E-state index >= 15 is 0 Å². The second kappa shape index (κ2) is 11.7. The van der Waals surface area contributed by atoms with Gasteiger partial charge in [-0.25, -0.2) is 4.39 Å². The fourth-order valence-corrected chi connectivity index (χ4v) is 5.12. The summed E-state index contributed by atoms with van der Waals surface area (Å²) in [7, 11) is 3.29. The summed E-state index contributed by atoms with van der Waals surface area (Å²) in [4.78, 5) is 32.5. The number of benzene rings is 3. The molecule has 0 radical (unpaired) electrons. The van der Waals surface area contributed by atoms with Crippen LogP contribution in [0.15, 0.2) is 70.1 Å². The van der Waals surface area contributed by atoms with E-state index in [0.29, 0.717) is 59.6 Å². The minimum atomic E-state index is -0.373. The first-order chi connectivity index (χ1) is 19.4. The second-order valence-corrected chi connectivity index (χ2v) is 9.62. The van der Waals surface area contributed by atoms with Gasteiger partial charge >= 0.3 is 0 Å². The number of hydrogen-bond acceptors (Lipinski definition) is 6. The Balaban J connectivity index is 1.60. The highest BCUT2D eigenvalue weighted by Gasteiger charge is 2.25. The van der Waals surface area contributed by atoms with Crippen LogP contribution >= 0.6 is 0 Å². The third kappa shape index (κ3) is 5.33. The molecule has 1 aliphatic heterocycles. The van der Waals surface area contributed by atoms with Crippen molar-refractivity contribution in [3.63, 3.8) is 0 Å². The maximum Gasteiger partial charge on any atom is 0.255 e. The average molecular weight is 542 g/mol. The van der Waals surface area contributed by atoms with Crippen LogP contribution in [0.4, 0.5) is 10.1 Å². The molecule has 1 atom stereocenters. The van der Waals surface area contributed by atoms with Crippen LogP contribution in [0, 0.1) is 5.82 Å². The lowest BCUT2D eigenvalue weighted by Gasteiger charge is -2.32. The number of carbonyl (C=O) groups is 2. The van der Waals surface area contributed by atoms with Gasteiger partial charge in [-0.2, -0.15) is 0 Å². The molecule has 1 aromatic heterocycles. The number of rotatable bonds is 7. The molecular formula is C31H32FN5O3. The number of aliphatic imine (C=N–C) groups is 1. The van der Waals surface area contributed by atoms with Crippen LogP contribution < -0.4 is 16.0 Å². The van der Waals surface area contributed by atoms with Gasteiger partial charge in [0.1, 0.15) is 17.2 Å². The van der Waals surface area contributed by atoms with E-state index in [1.54, 1.807) is 26.2 Å². The zero-order valence-corrected chi connectivity index (χ0v) is 22.8. The summed E-state index contributed by atoms with van der Waals surface area (Å²) in [5.41, 5.74) is 4.54. The molecule has 2 heterocycles. The molecule has 206 valence electrons. The van der Waals surface area contributed by atoms with E-state index in [4.69, 9.17) is 4.42 Å². The molecule has 9 heteroatoms. The Morgan fingerprint density at radius 2 is 1.95 bits per heavy atom. The predicted molar refractivity (Wildman–Crippen MR) is 157 cm³/mol. The van der Waals surface area contributed by atoms with Crippen molar-refractivity contribution in [3.8, 4) is 22.5 Å². The molecule has 3 N–H and O–H groups in total. The summed E-state index contributed by atoms with van der Waals surface area (Å²) in [6.07, 6.45) is 1.82. The van der Waals surface area contributed by atoms with Crippen LogP contribution in [0.1, 0.15) is 27.6 Å². The lowest BCUT2D eigenvalue weighted by molar-refractivity contribution is 0.0723. The van der Waals surface area contributed by atoms with E-state index < -0.39 is 0 Å². The maximum absolute atomic E-state index is 13.6. The highest BCUT2D eigenvalue weighted by molar-refractivity contribution is 6.13. The zero-order valence-electron chi connectivity index (χ0n) is 22.8. The van der Waals surface area contributed by atoms with Crippen molar-refractivity contribution in [1.82, 2.24) is 15.5 Å². The molecule has 4 aromatic rings. The van der Waals surface area contributed by atoms with Crippen LogP contribution in [0.25, 0.3) is 33.4 Å². The maximum atomic E-state index is 13.6. The third-order valence-electron chi connectivity index (χ3n) is 7.00. The van der Waals surface area contributed by atoms with Gasteiger partial charge in [0.2, 0.25) is 0 Å². The predicted octanol–water partition coefficient (Wildman–Crippen LogP) is 4.81. The standard InChI is InChI=1S/C31H32FN5O3/c1-4-35-26-16-27-25(28(30(38)34-3)29(40-27)19-8-10-22(32)11-9-19)15-24(26)20-6-5-7-21(14-20)31(39)37-13-12-36-23(18-37)17-33-2/h5-11,14-17,23,35-36H,4,12-13,18H2,1-3H3,(H,34,38). The summed E-state index contributed by atoms with van der Waals surface area (Å²) < 4.78 is 19.8. The van der Waals surface area contributed by atoms with E-state index in [9.17, 15) is 14.0 Å². The van der Waals surface area contributed by atoms with E-state index in [0.717, 1.165) is 16.8 Å². The van der Waals surface area contributed by atoms with Gasteiger partial charge < -0.3 is 25.3 Å². The molecule has 1 aliphatic rings. The largest absolute Gasteiger partial charge is 0.455 e. The van der Waals surface area contributed by atoms with Gasteiger partial charge in [-0.05, 0) is 55.0 Å². The van der Waals surface area contributed by atoms with E-state index in [1.165, 1.54) is 12.1 Å². The van der Waals surface area contributed by atoms with Crippen LogP contribution in [0.5, 0.6) is 0 Å². The molecule has 5 rings (SSSR count). The first-order valence-corrected chi connectivity index (χ1v) is 13.3. The lowest BCUT2D eigenvalue weighted by atomic mass is 9.97. The third-order valence-corrected chi connectivity index (χ3v) is 7.00. The summed E-state index contributed by atoms with van der Waals surface area (Å²) >= 11 is 0. The van der Waals surface area contributed by atoms with Crippen molar-refractivity contribution in [2.45, 2.75) is 13.0 Å². The Morgan fingerprint density at radius 1 is 1.15 bits per heavy atom. The summed E-state index contributed by atoms with van der Waals surface area (Å²) in [6, 6.07) is 17.2. The quantitative estimate of drug-likeness (QED) is 0.292. The number of piperazine rings is 1. The van der Waals surface area contributed by atoms with Gasteiger partial charge in [0.15, 0.2) is 0 Å². The Labute approximate surface area is 232 Å². The van der Waals surface area contributed by atoms with Crippen molar-refractivity contribution in [2.24, 2.45) is 4.99 Å². The number of furan rings is 1. The molecule has 3 aromatic carbocycles. The van der Waals surface area contributed by atoms with Gasteiger partial charge in [-0.3, -0.25) is 14.6 Å². The van der Waals surface area contributed by atoms with Crippen LogP contribution in [-0.4, -0.2) is 69.2 Å². The number of carbonyl (C=O) groups excluding carboxylic acids is 2.